The first kappa shape index (κ1) is 18.4. The molecule has 27 heavy (non-hydrogen) atoms. The average Bonchev–Trinajstić information content (AvgIpc) is 3.02. The van der Waals surface area contributed by atoms with E-state index in [1.54, 1.807) is 24.3 Å². The Kier molecular flexibility index (Phi) is 5.71. The molecule has 0 saturated carbocycles. The van der Waals surface area contributed by atoms with Gasteiger partial charge in [0.05, 0.1) is 0 Å². The zero-order valence-corrected chi connectivity index (χ0v) is 14.8. The van der Waals surface area contributed by atoms with Crippen molar-refractivity contribution >= 4 is 18.0 Å². The van der Waals surface area contributed by atoms with E-state index in [4.69, 9.17) is 14.2 Å². The third-order valence-electron chi connectivity index (χ3n) is 4.05. The minimum absolute atomic E-state index is 0.119. The molecular formula is C20H19NO6. The lowest BCUT2D eigenvalue weighted by Gasteiger charge is -2.20. The fourth-order valence-electron chi connectivity index (χ4n) is 2.71. The number of esters is 2. The Balaban J connectivity index is 1.61. The fourth-order valence-corrected chi connectivity index (χ4v) is 2.71. The van der Waals surface area contributed by atoms with E-state index in [0.717, 1.165) is 11.1 Å². The number of nitrogens with zero attached hydrogens (tertiary/aromatic N) is 1. The van der Waals surface area contributed by atoms with E-state index in [0.29, 0.717) is 5.75 Å². The molecule has 3 rings (SSSR count). The molecule has 2 aromatic rings. The summed E-state index contributed by atoms with van der Waals surface area (Å²) in [7, 11) is 0. The number of ether oxygens (including phenoxy) is 3. The first-order valence-corrected chi connectivity index (χ1v) is 8.44. The van der Waals surface area contributed by atoms with E-state index in [1.165, 1.54) is 11.8 Å². The number of hydrogen-bond acceptors (Lipinski definition) is 6. The van der Waals surface area contributed by atoms with E-state index in [-0.39, 0.29) is 19.8 Å². The average molecular weight is 369 g/mol. The van der Waals surface area contributed by atoms with Gasteiger partial charge in [-0.05, 0) is 23.3 Å². The minimum Gasteiger partial charge on any atom is -0.444 e. The highest BCUT2D eigenvalue weighted by atomic mass is 16.6. The van der Waals surface area contributed by atoms with Gasteiger partial charge in [-0.1, -0.05) is 42.5 Å². The monoisotopic (exact) mass is 369 g/mol. The number of carbonyl (C=O) groups is 3. The van der Waals surface area contributed by atoms with Crippen molar-refractivity contribution in [1.82, 2.24) is 4.90 Å². The van der Waals surface area contributed by atoms with Gasteiger partial charge < -0.3 is 14.2 Å². The van der Waals surface area contributed by atoms with Crippen molar-refractivity contribution in [3.8, 4) is 5.75 Å². The topological polar surface area (TPSA) is 82.1 Å². The quantitative estimate of drug-likeness (QED) is 0.595. The molecule has 140 valence electrons. The zero-order valence-electron chi connectivity index (χ0n) is 14.8. The molecule has 1 saturated heterocycles. The molecule has 7 nitrogen and oxygen atoms in total. The van der Waals surface area contributed by atoms with Gasteiger partial charge in [-0.15, -0.1) is 0 Å². The van der Waals surface area contributed by atoms with Gasteiger partial charge >= 0.3 is 18.0 Å². The Morgan fingerprint density at radius 1 is 1.07 bits per heavy atom. The van der Waals surface area contributed by atoms with Gasteiger partial charge in [0.2, 0.25) is 0 Å². The highest BCUT2D eigenvalue weighted by Gasteiger charge is 2.38. The van der Waals surface area contributed by atoms with Gasteiger partial charge in [-0.2, -0.15) is 0 Å². The summed E-state index contributed by atoms with van der Waals surface area (Å²) in [5.74, 6) is -0.468. The second kappa shape index (κ2) is 8.35. The number of amides is 1. The summed E-state index contributed by atoms with van der Waals surface area (Å²) in [6.07, 6.45) is -0.328. The third kappa shape index (κ3) is 4.84. The van der Waals surface area contributed by atoms with Crippen molar-refractivity contribution in [3.05, 3.63) is 65.7 Å². The van der Waals surface area contributed by atoms with E-state index < -0.39 is 24.1 Å². The van der Waals surface area contributed by atoms with Crippen LogP contribution in [0.15, 0.2) is 54.6 Å². The molecule has 0 aromatic heterocycles. The fraction of sp³-hybridized carbons (Fsp3) is 0.250. The molecule has 0 N–H and O–H groups in total. The van der Waals surface area contributed by atoms with Crippen LogP contribution in [0, 0.1) is 0 Å². The van der Waals surface area contributed by atoms with Crippen molar-refractivity contribution in [2.24, 2.45) is 0 Å². The maximum Gasteiger partial charge on any atom is 0.413 e. The standard InChI is InChI=1S/C20H19NO6/c1-14(22)27-17-9-7-15(8-10-17)11-18-19(23)26-13-21(18)20(24)25-12-16-5-3-2-4-6-16/h2-10,18H,11-13H2,1H3. The number of carbonyl (C=O) groups excluding carboxylic acids is 3. The smallest absolute Gasteiger partial charge is 0.413 e. The molecule has 1 amide bonds. The molecule has 0 spiro atoms. The lowest BCUT2D eigenvalue weighted by atomic mass is 10.1. The SMILES string of the molecule is CC(=O)Oc1ccc(CC2C(=O)OCN2C(=O)OCc2ccccc2)cc1. The van der Waals surface area contributed by atoms with Crippen LogP contribution in [-0.4, -0.2) is 35.7 Å². The highest BCUT2D eigenvalue weighted by Crippen LogP contribution is 2.20. The normalized spacial score (nSPS) is 16.0. The minimum atomic E-state index is -0.757. The maximum atomic E-state index is 12.4. The van der Waals surface area contributed by atoms with Gasteiger partial charge in [-0.25, -0.2) is 9.59 Å². The van der Waals surface area contributed by atoms with Crippen LogP contribution >= 0.6 is 0 Å². The van der Waals surface area contributed by atoms with Crippen LogP contribution in [-0.2, 0) is 32.1 Å². The van der Waals surface area contributed by atoms with Crippen molar-refractivity contribution < 1.29 is 28.6 Å². The van der Waals surface area contributed by atoms with Crippen LogP contribution in [0.4, 0.5) is 4.79 Å². The first-order valence-electron chi connectivity index (χ1n) is 8.44. The Hall–Kier alpha value is -3.35. The predicted molar refractivity (Wildman–Crippen MR) is 94.7 cm³/mol. The zero-order chi connectivity index (χ0) is 19.2. The van der Waals surface area contributed by atoms with Gasteiger partial charge in [0.15, 0.2) is 6.73 Å². The summed E-state index contributed by atoms with van der Waals surface area (Å²) >= 11 is 0. The molecule has 0 bridgehead atoms. The summed E-state index contributed by atoms with van der Waals surface area (Å²) < 4.78 is 15.3. The Morgan fingerprint density at radius 2 is 1.78 bits per heavy atom. The molecule has 1 aliphatic rings. The highest BCUT2D eigenvalue weighted by molar-refractivity contribution is 5.84. The largest absolute Gasteiger partial charge is 0.444 e. The van der Waals surface area contributed by atoms with E-state index >= 15 is 0 Å². The first-order chi connectivity index (χ1) is 13.0. The van der Waals surface area contributed by atoms with Crippen LogP contribution in [0.3, 0.4) is 0 Å². The van der Waals surface area contributed by atoms with Gasteiger partial charge in [0.25, 0.3) is 0 Å². The number of benzene rings is 2. The maximum absolute atomic E-state index is 12.4. The van der Waals surface area contributed by atoms with Crippen LogP contribution in [0.25, 0.3) is 0 Å². The van der Waals surface area contributed by atoms with Crippen molar-refractivity contribution in [3.63, 3.8) is 0 Å². The van der Waals surface area contributed by atoms with Crippen LogP contribution in [0.5, 0.6) is 5.75 Å². The molecule has 1 atom stereocenters. The summed E-state index contributed by atoms with van der Waals surface area (Å²) in [4.78, 5) is 36.6. The molecule has 0 radical (unpaired) electrons. The van der Waals surface area contributed by atoms with E-state index in [2.05, 4.69) is 0 Å². The third-order valence-corrected chi connectivity index (χ3v) is 4.05. The van der Waals surface area contributed by atoms with Gasteiger partial charge in [0.1, 0.15) is 18.4 Å². The molecule has 1 fully saturated rings. The number of rotatable bonds is 5. The van der Waals surface area contributed by atoms with E-state index in [9.17, 15) is 14.4 Å². The summed E-state index contributed by atoms with van der Waals surface area (Å²) in [5.41, 5.74) is 1.66. The van der Waals surface area contributed by atoms with Crippen LogP contribution < -0.4 is 4.74 Å². The van der Waals surface area contributed by atoms with Gasteiger partial charge in [-0.3, -0.25) is 9.69 Å². The Labute approximate surface area is 156 Å². The molecule has 1 unspecified atom stereocenters. The molecule has 0 aliphatic carbocycles. The molecular weight excluding hydrogens is 350 g/mol. The van der Waals surface area contributed by atoms with Crippen molar-refractivity contribution in [2.75, 3.05) is 6.73 Å². The molecule has 7 heteroatoms. The molecule has 1 aliphatic heterocycles. The Bertz CT molecular complexity index is 818. The second-order valence-corrected chi connectivity index (χ2v) is 6.06. The van der Waals surface area contributed by atoms with Crippen LogP contribution in [0.2, 0.25) is 0 Å². The summed E-state index contributed by atoms with van der Waals surface area (Å²) in [6, 6.07) is 15.3. The molecule has 1 heterocycles. The number of cyclic esters (lactones) is 1. The number of hydrogen-bond donors (Lipinski definition) is 0. The van der Waals surface area contributed by atoms with E-state index in [1.807, 2.05) is 30.3 Å². The van der Waals surface area contributed by atoms with Crippen molar-refractivity contribution in [2.45, 2.75) is 26.0 Å². The molecule has 2 aromatic carbocycles. The second-order valence-electron chi connectivity index (χ2n) is 6.06. The van der Waals surface area contributed by atoms with Crippen LogP contribution in [0.1, 0.15) is 18.1 Å². The van der Waals surface area contributed by atoms with Crippen molar-refractivity contribution in [1.29, 1.82) is 0 Å². The summed E-state index contributed by atoms with van der Waals surface area (Å²) in [6.45, 7) is 1.30. The lowest BCUT2D eigenvalue weighted by molar-refractivity contribution is -0.139. The summed E-state index contributed by atoms with van der Waals surface area (Å²) in [5, 5.41) is 0. The Morgan fingerprint density at radius 3 is 2.44 bits per heavy atom. The van der Waals surface area contributed by atoms with Gasteiger partial charge in [0, 0.05) is 13.3 Å². The predicted octanol–water partition coefficient (Wildman–Crippen LogP) is 2.68. The lowest BCUT2D eigenvalue weighted by Crippen LogP contribution is -2.39.